The molecule has 2 unspecified atom stereocenters. The van der Waals surface area contributed by atoms with Crippen LogP contribution in [-0.2, 0) is 23.6 Å². The van der Waals surface area contributed by atoms with Crippen LogP contribution in [-0.4, -0.2) is 5.40 Å². The Hall–Kier alpha value is -3.38. The van der Waals surface area contributed by atoms with Crippen molar-refractivity contribution in [3.8, 4) is 22.3 Å². The molecule has 2 atom stereocenters. The van der Waals surface area contributed by atoms with Gasteiger partial charge in [0.25, 0.3) is 0 Å². The largest absolute Gasteiger partial charge is 0.0869 e. The fourth-order valence-electron chi connectivity index (χ4n) is 5.89. The van der Waals surface area contributed by atoms with Crippen molar-refractivity contribution in [1.82, 2.24) is 0 Å². The molecule has 0 nitrogen and oxygen atoms in total. The molecule has 0 aliphatic rings. The van der Waals surface area contributed by atoms with Gasteiger partial charge < -0.3 is 0 Å². The lowest BCUT2D eigenvalue weighted by molar-refractivity contribution is 1.38. The Morgan fingerprint density at radius 1 is 0.381 bits per heavy atom. The van der Waals surface area contributed by atoms with E-state index in [-0.39, 0.29) is 5.40 Å². The molecule has 6 aromatic carbocycles. The van der Waals surface area contributed by atoms with Gasteiger partial charge in [0.15, 0.2) is 0 Å². The van der Waals surface area contributed by atoms with Crippen LogP contribution in [0.1, 0.15) is 6.92 Å². The van der Waals surface area contributed by atoms with Gasteiger partial charge in [0.05, 0.1) is 0 Å². The van der Waals surface area contributed by atoms with Crippen LogP contribution in [0.25, 0.3) is 22.3 Å². The van der Waals surface area contributed by atoms with E-state index in [9.17, 15) is 0 Å². The monoisotopic (exact) mass is 614 g/mol. The Kier molecular flexibility index (Phi) is 8.53. The zero-order valence-electron chi connectivity index (χ0n) is 23.5. The molecule has 4 heteroatoms. The third-order valence-electron chi connectivity index (χ3n) is 8.03. The molecule has 0 fully saturated rings. The Bertz CT molecular complexity index is 1750. The molecule has 42 heavy (non-hydrogen) atoms. The second kappa shape index (κ2) is 12.5. The summed E-state index contributed by atoms with van der Waals surface area (Å²) in [5.74, 6) is 0. The summed E-state index contributed by atoms with van der Waals surface area (Å²) in [7, 11) is 0. The third kappa shape index (κ3) is 5.19. The van der Waals surface area contributed by atoms with Crippen LogP contribution in [0, 0.1) is 0 Å². The molecule has 0 amide bonds. The lowest BCUT2D eigenvalue weighted by Crippen LogP contribution is -2.32. The Balaban J connectivity index is 1.68. The van der Waals surface area contributed by atoms with Gasteiger partial charge in [0.2, 0.25) is 0 Å². The van der Waals surface area contributed by atoms with Gasteiger partial charge in [-0.05, 0) is 43.5 Å². The summed E-state index contributed by atoms with van der Waals surface area (Å²) < 4.78 is 0. The van der Waals surface area contributed by atoms with Gasteiger partial charge in [0.1, 0.15) is 0 Å². The normalized spacial score (nSPS) is 14.8. The summed E-state index contributed by atoms with van der Waals surface area (Å²) in [6.07, 6.45) is 0. The first-order chi connectivity index (χ1) is 20.5. The predicted octanol–water partition coefficient (Wildman–Crippen LogP) is 8.93. The van der Waals surface area contributed by atoms with Gasteiger partial charge in [-0.3, -0.25) is 0 Å². The number of rotatable bonds is 8. The second-order valence-electron chi connectivity index (χ2n) is 10.4. The first-order valence-electron chi connectivity index (χ1n) is 14.2. The molecule has 0 N–H and O–H groups in total. The topological polar surface area (TPSA) is 0 Å². The number of benzene rings is 6. The zero-order chi connectivity index (χ0) is 29.0. The average Bonchev–Trinajstić information content (AvgIpc) is 3.09. The summed E-state index contributed by atoms with van der Waals surface area (Å²) in [6.45, 7) is 2.35. The molecule has 0 aliphatic carbocycles. The standard InChI is InChI=1S/C38H32P2S2/c1-30(39(41,33-22-10-4-11-23-33)37-28-16-14-26-35(37)31-18-6-2-7-19-31)40(42,34-24-12-5-13-25-34)38-29-17-15-27-36(38)32-20-8-3-9-21-32/h2-30H,1H3. The van der Waals surface area contributed by atoms with Crippen molar-refractivity contribution in [3.05, 3.63) is 170 Å². The van der Waals surface area contributed by atoms with Crippen LogP contribution in [0.15, 0.2) is 170 Å². The minimum atomic E-state index is -2.50. The summed E-state index contributed by atoms with van der Waals surface area (Å²) in [5, 5.41) is 4.88. The van der Waals surface area contributed by atoms with Gasteiger partial charge in [-0.2, -0.15) is 0 Å². The summed E-state index contributed by atoms with van der Waals surface area (Å²) >= 11 is 14.3. The van der Waals surface area contributed by atoms with Crippen molar-refractivity contribution in [2.75, 3.05) is 0 Å². The Labute approximate surface area is 260 Å². The van der Waals surface area contributed by atoms with Crippen molar-refractivity contribution in [2.45, 2.75) is 12.3 Å². The van der Waals surface area contributed by atoms with E-state index < -0.39 is 12.1 Å². The van der Waals surface area contributed by atoms with Crippen LogP contribution >= 0.6 is 12.1 Å². The number of hydrogen-bond donors (Lipinski definition) is 0. The van der Waals surface area contributed by atoms with E-state index in [4.69, 9.17) is 23.6 Å². The van der Waals surface area contributed by atoms with Crippen molar-refractivity contribution in [3.63, 3.8) is 0 Å². The lowest BCUT2D eigenvalue weighted by Gasteiger charge is -2.40. The van der Waals surface area contributed by atoms with E-state index in [0.29, 0.717) is 0 Å². The van der Waals surface area contributed by atoms with Gasteiger partial charge >= 0.3 is 0 Å². The van der Waals surface area contributed by atoms with E-state index >= 15 is 0 Å². The molecule has 0 spiro atoms. The zero-order valence-corrected chi connectivity index (χ0v) is 26.9. The fourth-order valence-corrected chi connectivity index (χ4v) is 19.2. The maximum absolute atomic E-state index is 7.13. The summed E-state index contributed by atoms with van der Waals surface area (Å²) in [5.41, 5.74) is 4.76. The third-order valence-corrected chi connectivity index (χ3v) is 21.8. The van der Waals surface area contributed by atoms with Gasteiger partial charge in [-0.1, -0.05) is 200 Å². The molecule has 6 rings (SSSR count). The van der Waals surface area contributed by atoms with Crippen LogP contribution in [0.2, 0.25) is 0 Å². The van der Waals surface area contributed by atoms with Gasteiger partial charge in [0, 0.05) is 17.5 Å². The molecule has 0 saturated carbocycles. The molecule has 0 aromatic heterocycles. The van der Waals surface area contributed by atoms with Crippen LogP contribution in [0.3, 0.4) is 0 Å². The molecule has 0 radical (unpaired) electrons. The van der Waals surface area contributed by atoms with Crippen LogP contribution < -0.4 is 21.2 Å². The van der Waals surface area contributed by atoms with E-state index in [0.717, 1.165) is 0 Å². The average molecular weight is 615 g/mol. The SMILES string of the molecule is CC(P(=S)(c1ccccc1)c1ccccc1-c1ccccc1)P(=S)(c1ccccc1)c1ccccc1-c1ccccc1. The highest BCUT2D eigenvalue weighted by atomic mass is 32.5. The van der Waals surface area contributed by atoms with Crippen molar-refractivity contribution in [2.24, 2.45) is 0 Å². The summed E-state index contributed by atoms with van der Waals surface area (Å²) in [6, 6.07) is 55.4. The highest BCUT2D eigenvalue weighted by Crippen LogP contribution is 2.67. The molecule has 0 bridgehead atoms. The first-order valence-corrected chi connectivity index (χ1v) is 19.9. The molecule has 6 aromatic rings. The molecular formula is C38H32P2S2. The molecule has 0 saturated heterocycles. The predicted molar refractivity (Wildman–Crippen MR) is 193 cm³/mol. The van der Waals surface area contributed by atoms with Gasteiger partial charge in [-0.15, -0.1) is 0 Å². The highest BCUT2D eigenvalue weighted by molar-refractivity contribution is 8.32. The van der Waals surface area contributed by atoms with Crippen molar-refractivity contribution in [1.29, 1.82) is 0 Å². The fraction of sp³-hybridized carbons (Fsp3) is 0.0526. The maximum Gasteiger partial charge on any atom is 0.0298 e. The van der Waals surface area contributed by atoms with Crippen LogP contribution in [0.5, 0.6) is 0 Å². The Morgan fingerprint density at radius 2 is 0.667 bits per heavy atom. The molecule has 0 heterocycles. The lowest BCUT2D eigenvalue weighted by atomic mass is 10.1. The molecule has 0 aliphatic heterocycles. The smallest absolute Gasteiger partial charge is 0.0298 e. The number of hydrogen-bond acceptors (Lipinski definition) is 2. The first kappa shape index (κ1) is 28.7. The minimum Gasteiger partial charge on any atom is -0.0869 e. The highest BCUT2D eigenvalue weighted by Gasteiger charge is 2.42. The van der Waals surface area contributed by atoms with Gasteiger partial charge in [-0.25, -0.2) is 0 Å². The van der Waals surface area contributed by atoms with Crippen LogP contribution in [0.4, 0.5) is 0 Å². The van der Waals surface area contributed by atoms with E-state index in [1.807, 2.05) is 0 Å². The van der Waals surface area contributed by atoms with E-state index in [1.165, 1.54) is 43.5 Å². The quantitative estimate of drug-likeness (QED) is 0.157. The minimum absolute atomic E-state index is 0.00882. The summed E-state index contributed by atoms with van der Waals surface area (Å²) in [4.78, 5) is 0. The van der Waals surface area contributed by atoms with Crippen molar-refractivity contribution >= 4 is 56.9 Å². The Morgan fingerprint density at radius 3 is 1.02 bits per heavy atom. The van der Waals surface area contributed by atoms with E-state index in [1.54, 1.807) is 0 Å². The molecule has 206 valence electrons. The van der Waals surface area contributed by atoms with E-state index in [2.05, 4.69) is 177 Å². The maximum atomic E-state index is 7.13. The van der Waals surface area contributed by atoms with Crippen molar-refractivity contribution < 1.29 is 0 Å². The second-order valence-corrected chi connectivity index (χ2v) is 20.4. The molecular weight excluding hydrogens is 583 g/mol.